The van der Waals surface area contributed by atoms with Gasteiger partial charge in [0.2, 0.25) is 0 Å². The zero-order valence-corrected chi connectivity index (χ0v) is 27.7. The monoisotopic (exact) mass is 836 g/mol. The van der Waals surface area contributed by atoms with E-state index in [1.807, 2.05) is 19.1 Å². The summed E-state index contributed by atoms with van der Waals surface area (Å²) in [5.41, 5.74) is 0. The Morgan fingerprint density at radius 2 is 1.29 bits per heavy atom. The van der Waals surface area contributed by atoms with Crippen LogP contribution in [-0.2, 0) is 0 Å². The molecule has 0 saturated heterocycles. The number of halogens is 3. The van der Waals surface area contributed by atoms with Crippen molar-refractivity contribution >= 4 is 83.4 Å². The molecule has 0 N–H and O–H groups in total. The van der Waals surface area contributed by atoms with Crippen LogP contribution in [-0.4, -0.2) is 18.4 Å². The molecule has 0 spiro atoms. The summed E-state index contributed by atoms with van der Waals surface area (Å²) in [5.74, 6) is 2.08. The van der Waals surface area contributed by atoms with Gasteiger partial charge in [-0.25, -0.2) is 0 Å². The van der Waals surface area contributed by atoms with Crippen molar-refractivity contribution in [2.45, 2.75) is 86.5 Å². The minimum atomic E-state index is -2.24. The SMILES string of the molecule is CCC[CH2][Sn]([CH2]CCC)([CH2]CCC)[c]1ccc(C)o1.Cc1ccco1.I.II. The van der Waals surface area contributed by atoms with Crippen LogP contribution in [0.25, 0.3) is 0 Å². The van der Waals surface area contributed by atoms with Crippen LogP contribution in [0.4, 0.5) is 0 Å². The van der Waals surface area contributed by atoms with Crippen LogP contribution in [0, 0.1) is 13.8 Å². The second-order valence-corrected chi connectivity index (χ2v) is 20.2. The molecule has 28 heavy (non-hydrogen) atoms. The van der Waals surface area contributed by atoms with Gasteiger partial charge >= 0.3 is 124 Å². The number of aryl methyl sites for hydroxylation is 2. The predicted molar refractivity (Wildman–Crippen MR) is 155 cm³/mol. The van der Waals surface area contributed by atoms with E-state index < -0.39 is 18.4 Å². The Kier molecular flexibility index (Phi) is 23.2. The molecule has 0 saturated carbocycles. The van der Waals surface area contributed by atoms with Crippen LogP contribution < -0.4 is 3.78 Å². The summed E-state index contributed by atoms with van der Waals surface area (Å²) in [7, 11) is 0. The van der Waals surface area contributed by atoms with Crippen LogP contribution in [0.3, 0.4) is 0 Å². The zero-order valence-electron chi connectivity index (χ0n) is 18.2. The Labute approximate surface area is 218 Å². The van der Waals surface area contributed by atoms with Crippen molar-refractivity contribution in [1.29, 1.82) is 0 Å². The van der Waals surface area contributed by atoms with Gasteiger partial charge in [-0.1, -0.05) is 0 Å². The molecule has 2 nitrogen and oxygen atoms in total. The van der Waals surface area contributed by atoms with Crippen molar-refractivity contribution in [2.75, 3.05) is 0 Å². The fraction of sp³-hybridized carbons (Fsp3) is 0.636. The summed E-state index contributed by atoms with van der Waals surface area (Å²) in [6.07, 6.45) is 9.87. The number of unbranched alkanes of at least 4 members (excludes halogenated alkanes) is 3. The molecule has 0 fully saturated rings. The summed E-state index contributed by atoms with van der Waals surface area (Å²) < 4.78 is 16.9. The molecule has 0 radical (unpaired) electrons. The third-order valence-corrected chi connectivity index (χ3v) is 19.9. The van der Waals surface area contributed by atoms with Crippen LogP contribution in [0.5, 0.6) is 0 Å². The standard InChI is InChI=1S/C5H6O.C5H5O.3C4H9.I2.HI.Sn/c2*1-5-3-2-4-6-5;3*1-3-4-2;1-2;;/h2-4H,1H3;2-3H,1H3;3*1,3-4H2,2H3;;1H;. The molecule has 0 amide bonds. The fourth-order valence-corrected chi connectivity index (χ4v) is 18.8. The van der Waals surface area contributed by atoms with E-state index in [1.165, 1.54) is 55.6 Å². The number of rotatable bonds is 10. The second-order valence-electron chi connectivity index (χ2n) is 7.22. The van der Waals surface area contributed by atoms with E-state index in [1.54, 1.807) is 6.26 Å². The maximum atomic E-state index is 6.13. The van der Waals surface area contributed by atoms with Crippen LogP contribution in [0.15, 0.2) is 39.4 Å². The number of furan rings is 2. The van der Waals surface area contributed by atoms with Crippen molar-refractivity contribution in [1.82, 2.24) is 0 Å². The van der Waals surface area contributed by atoms with E-state index in [9.17, 15) is 0 Å². The molecular formula is C22H39I3O2Sn. The molecule has 2 aromatic heterocycles. The first-order chi connectivity index (χ1) is 13.1. The molecule has 0 unspecified atom stereocenters. The van der Waals surface area contributed by atoms with Gasteiger partial charge in [-0.05, 0) is 19.1 Å². The summed E-state index contributed by atoms with van der Waals surface area (Å²) in [4.78, 5) is 0. The van der Waals surface area contributed by atoms with Crippen LogP contribution >= 0.6 is 61.2 Å². The molecule has 0 atom stereocenters. The summed E-state index contributed by atoms with van der Waals surface area (Å²) in [5, 5.41) is 0. The fourth-order valence-electron chi connectivity index (χ4n) is 3.37. The Hall–Kier alpha value is 1.55. The molecule has 0 aliphatic heterocycles. The van der Waals surface area contributed by atoms with Gasteiger partial charge in [0, 0.05) is 37.2 Å². The van der Waals surface area contributed by atoms with Gasteiger partial charge < -0.3 is 4.42 Å². The smallest absolute Gasteiger partial charge is 0.100 e. The molecule has 0 aliphatic carbocycles. The second kappa shape index (κ2) is 20.5. The Morgan fingerprint density at radius 1 is 0.786 bits per heavy atom. The maximum Gasteiger partial charge on any atom is 0.100 e. The third kappa shape index (κ3) is 13.1. The van der Waals surface area contributed by atoms with Crippen molar-refractivity contribution < 1.29 is 8.83 Å². The first-order valence-electron chi connectivity index (χ1n) is 10.3. The molecule has 164 valence electrons. The van der Waals surface area contributed by atoms with Crippen molar-refractivity contribution in [3.8, 4) is 0 Å². The third-order valence-electron chi connectivity index (χ3n) is 4.95. The molecule has 2 aromatic rings. The molecule has 2 rings (SSSR count). The van der Waals surface area contributed by atoms with Crippen LogP contribution in [0.2, 0.25) is 13.3 Å². The first kappa shape index (κ1) is 31.7. The number of hydrogen-bond acceptors (Lipinski definition) is 2. The molecule has 0 bridgehead atoms. The van der Waals surface area contributed by atoms with E-state index in [4.69, 9.17) is 8.83 Å². The van der Waals surface area contributed by atoms with Crippen LogP contribution in [0.1, 0.15) is 70.8 Å². The average molecular weight is 835 g/mol. The minimum absolute atomic E-state index is 0. The Morgan fingerprint density at radius 3 is 1.54 bits per heavy atom. The van der Waals surface area contributed by atoms with Gasteiger partial charge in [0.05, 0.1) is 6.26 Å². The maximum absolute atomic E-state index is 6.13. The number of hydrogen-bond donors (Lipinski definition) is 0. The summed E-state index contributed by atoms with van der Waals surface area (Å²) in [6, 6.07) is 8.30. The molecule has 0 aliphatic rings. The topological polar surface area (TPSA) is 26.3 Å². The van der Waals surface area contributed by atoms with E-state index in [2.05, 4.69) is 77.1 Å². The van der Waals surface area contributed by atoms with Gasteiger partial charge in [0.25, 0.3) is 0 Å². The Bertz CT molecular complexity index is 534. The van der Waals surface area contributed by atoms with Gasteiger partial charge in [-0.2, -0.15) is 0 Å². The predicted octanol–water partition coefficient (Wildman–Crippen LogP) is 9.62. The minimum Gasteiger partial charge on any atom is -0.470 e. The van der Waals surface area contributed by atoms with Crippen molar-refractivity contribution in [3.63, 3.8) is 0 Å². The van der Waals surface area contributed by atoms with Crippen molar-refractivity contribution in [2.24, 2.45) is 0 Å². The summed E-state index contributed by atoms with van der Waals surface area (Å²) >= 11 is 2.00. The summed E-state index contributed by atoms with van der Waals surface area (Å²) in [6.45, 7) is 11.0. The Balaban J connectivity index is 0. The van der Waals surface area contributed by atoms with E-state index in [0.717, 1.165) is 11.5 Å². The molecule has 0 aromatic carbocycles. The zero-order chi connectivity index (χ0) is 20.5. The van der Waals surface area contributed by atoms with Gasteiger partial charge in [0.1, 0.15) is 5.76 Å². The van der Waals surface area contributed by atoms with E-state index in [0.29, 0.717) is 0 Å². The quantitative estimate of drug-likeness (QED) is 0.176. The average Bonchev–Trinajstić information content (AvgIpc) is 3.35. The van der Waals surface area contributed by atoms with Gasteiger partial charge in [-0.15, -0.1) is 24.0 Å². The van der Waals surface area contributed by atoms with E-state index in [-0.39, 0.29) is 24.0 Å². The van der Waals surface area contributed by atoms with Gasteiger partial charge in [-0.3, -0.25) is 0 Å². The normalized spacial score (nSPS) is 10.2. The molecule has 6 heteroatoms. The first-order valence-corrected chi connectivity index (χ1v) is 24.1. The largest absolute Gasteiger partial charge is 0.470 e. The van der Waals surface area contributed by atoms with E-state index >= 15 is 0 Å². The molecule has 2 heterocycles. The van der Waals surface area contributed by atoms with Crippen molar-refractivity contribution in [3.05, 3.63) is 42.0 Å². The van der Waals surface area contributed by atoms with Gasteiger partial charge in [0.15, 0.2) is 0 Å². The molecular weight excluding hydrogens is 796 g/mol.